The summed E-state index contributed by atoms with van der Waals surface area (Å²) in [6.07, 6.45) is 1.35. The molecule has 1 aromatic carbocycles. The van der Waals surface area contributed by atoms with Gasteiger partial charge in [0.2, 0.25) is 0 Å². The van der Waals surface area contributed by atoms with Gasteiger partial charge >= 0.3 is 0 Å². The van der Waals surface area contributed by atoms with E-state index < -0.39 is 0 Å². The second-order valence-electron chi connectivity index (χ2n) is 4.40. The van der Waals surface area contributed by atoms with E-state index in [1.165, 1.54) is 17.2 Å². The minimum absolute atomic E-state index is 0.214. The van der Waals surface area contributed by atoms with Gasteiger partial charge in [-0.2, -0.15) is 0 Å². The van der Waals surface area contributed by atoms with Gasteiger partial charge in [0.1, 0.15) is 5.15 Å². The Hall–Kier alpha value is -1.00. The molecule has 0 saturated heterocycles. The number of amides is 1. The van der Waals surface area contributed by atoms with Crippen molar-refractivity contribution in [3.63, 3.8) is 0 Å². The third kappa shape index (κ3) is 4.01. The molecule has 0 spiro atoms. The second-order valence-corrected chi connectivity index (χ2v) is 6.01. The van der Waals surface area contributed by atoms with Crippen LogP contribution in [0.1, 0.15) is 15.9 Å². The number of rotatable bonds is 3. The summed E-state index contributed by atoms with van der Waals surface area (Å²) in [5.74, 6) is -0.254. The van der Waals surface area contributed by atoms with Crippen LogP contribution < -0.4 is 0 Å². The number of hydrogen-bond acceptors (Lipinski definition) is 2. The first-order chi connectivity index (χ1) is 9.88. The lowest BCUT2D eigenvalue weighted by atomic mass is 10.2. The third-order valence-electron chi connectivity index (χ3n) is 2.80. The van der Waals surface area contributed by atoms with Crippen LogP contribution in [0.15, 0.2) is 30.5 Å². The van der Waals surface area contributed by atoms with Gasteiger partial charge in [-0.25, -0.2) is 4.98 Å². The molecule has 110 valence electrons. The quantitative estimate of drug-likeness (QED) is 0.721. The van der Waals surface area contributed by atoms with Gasteiger partial charge in [-0.1, -0.05) is 52.5 Å². The molecule has 1 heterocycles. The Morgan fingerprint density at radius 1 is 1.10 bits per heavy atom. The molecule has 0 radical (unpaired) electrons. The standard InChI is InChI=1S/C14H10Cl4N2O/c1-20(7-8-2-3-10(15)11(16)4-8)14(21)9-5-13(18)19-6-12(9)17/h2-6H,7H2,1H3. The van der Waals surface area contributed by atoms with E-state index in [2.05, 4.69) is 4.98 Å². The minimum Gasteiger partial charge on any atom is -0.337 e. The summed E-state index contributed by atoms with van der Waals surface area (Å²) in [6, 6.07) is 6.65. The molecule has 2 rings (SSSR count). The maximum atomic E-state index is 12.4. The van der Waals surface area contributed by atoms with E-state index in [1.807, 2.05) is 0 Å². The Labute approximate surface area is 142 Å². The van der Waals surface area contributed by atoms with Crippen LogP contribution in [-0.4, -0.2) is 22.8 Å². The summed E-state index contributed by atoms with van der Waals surface area (Å²) in [4.78, 5) is 17.7. The summed E-state index contributed by atoms with van der Waals surface area (Å²) in [7, 11) is 1.66. The zero-order chi connectivity index (χ0) is 15.6. The summed E-state index contributed by atoms with van der Waals surface area (Å²) in [5, 5.41) is 1.38. The van der Waals surface area contributed by atoms with E-state index in [-0.39, 0.29) is 16.1 Å². The highest BCUT2D eigenvalue weighted by molar-refractivity contribution is 6.42. The summed E-state index contributed by atoms with van der Waals surface area (Å²) >= 11 is 23.6. The predicted octanol–water partition coefficient (Wildman–Crippen LogP) is 4.97. The lowest BCUT2D eigenvalue weighted by Gasteiger charge is -2.18. The number of hydrogen-bond donors (Lipinski definition) is 0. The van der Waals surface area contributed by atoms with Gasteiger partial charge in [-0.05, 0) is 23.8 Å². The number of aromatic nitrogens is 1. The first-order valence-corrected chi connectivity index (χ1v) is 7.40. The Bertz CT molecular complexity index is 691. The number of carbonyl (C=O) groups is 1. The molecule has 0 N–H and O–H groups in total. The lowest BCUT2D eigenvalue weighted by molar-refractivity contribution is 0.0785. The molecule has 1 amide bonds. The molecule has 0 aliphatic rings. The highest BCUT2D eigenvalue weighted by Gasteiger charge is 2.16. The summed E-state index contributed by atoms with van der Waals surface area (Å²) in [5.41, 5.74) is 1.16. The molecule has 0 bridgehead atoms. The predicted molar refractivity (Wildman–Crippen MR) is 86.5 cm³/mol. The van der Waals surface area contributed by atoms with Gasteiger partial charge in [0.15, 0.2) is 0 Å². The Kier molecular flexibility index (Phi) is 5.33. The molecule has 0 saturated carbocycles. The largest absolute Gasteiger partial charge is 0.337 e. The Morgan fingerprint density at radius 3 is 2.48 bits per heavy atom. The Balaban J connectivity index is 2.19. The molecule has 0 aliphatic carbocycles. The number of halogens is 4. The highest BCUT2D eigenvalue weighted by atomic mass is 35.5. The van der Waals surface area contributed by atoms with Crippen LogP contribution in [0.25, 0.3) is 0 Å². The number of nitrogens with zero attached hydrogens (tertiary/aromatic N) is 2. The average molecular weight is 364 g/mol. The van der Waals surface area contributed by atoms with E-state index in [9.17, 15) is 4.79 Å². The highest BCUT2D eigenvalue weighted by Crippen LogP contribution is 2.24. The van der Waals surface area contributed by atoms with Crippen molar-refractivity contribution in [3.8, 4) is 0 Å². The van der Waals surface area contributed by atoms with Crippen molar-refractivity contribution in [2.45, 2.75) is 6.54 Å². The van der Waals surface area contributed by atoms with Crippen molar-refractivity contribution in [1.82, 2.24) is 9.88 Å². The van der Waals surface area contributed by atoms with Crippen molar-refractivity contribution in [2.75, 3.05) is 7.05 Å². The number of carbonyl (C=O) groups excluding carboxylic acids is 1. The molecule has 0 fully saturated rings. The molecule has 0 atom stereocenters. The van der Waals surface area contributed by atoms with Gasteiger partial charge < -0.3 is 4.90 Å². The smallest absolute Gasteiger partial charge is 0.255 e. The molecule has 3 nitrogen and oxygen atoms in total. The fourth-order valence-corrected chi connectivity index (χ4v) is 2.43. The van der Waals surface area contributed by atoms with Gasteiger partial charge in [0.25, 0.3) is 5.91 Å². The molecule has 0 unspecified atom stereocenters. The Morgan fingerprint density at radius 2 is 1.81 bits per heavy atom. The van der Waals surface area contributed by atoms with E-state index in [4.69, 9.17) is 46.4 Å². The van der Waals surface area contributed by atoms with E-state index >= 15 is 0 Å². The van der Waals surface area contributed by atoms with Crippen LogP contribution in [0.2, 0.25) is 20.2 Å². The van der Waals surface area contributed by atoms with E-state index in [0.717, 1.165) is 5.56 Å². The zero-order valence-corrected chi connectivity index (χ0v) is 13.9. The first kappa shape index (κ1) is 16.4. The fraction of sp³-hybridized carbons (Fsp3) is 0.143. The molecular weight excluding hydrogens is 354 g/mol. The van der Waals surface area contributed by atoms with Crippen LogP contribution in [-0.2, 0) is 6.54 Å². The molecule has 2 aromatic rings. The van der Waals surface area contributed by atoms with Crippen LogP contribution in [0, 0.1) is 0 Å². The normalized spacial score (nSPS) is 10.5. The summed E-state index contributed by atoms with van der Waals surface area (Å²) < 4.78 is 0. The van der Waals surface area contributed by atoms with E-state index in [1.54, 1.807) is 25.2 Å². The average Bonchev–Trinajstić information content (AvgIpc) is 2.44. The maximum Gasteiger partial charge on any atom is 0.255 e. The van der Waals surface area contributed by atoms with Gasteiger partial charge in [0, 0.05) is 19.8 Å². The van der Waals surface area contributed by atoms with Crippen molar-refractivity contribution in [1.29, 1.82) is 0 Å². The SMILES string of the molecule is CN(Cc1ccc(Cl)c(Cl)c1)C(=O)c1cc(Cl)ncc1Cl. The number of benzene rings is 1. The van der Waals surface area contributed by atoms with Crippen molar-refractivity contribution >= 4 is 52.3 Å². The van der Waals surface area contributed by atoms with Gasteiger partial charge in [-0.15, -0.1) is 0 Å². The molecule has 0 aliphatic heterocycles. The number of pyridine rings is 1. The first-order valence-electron chi connectivity index (χ1n) is 5.89. The van der Waals surface area contributed by atoms with Crippen LogP contribution in [0.5, 0.6) is 0 Å². The van der Waals surface area contributed by atoms with E-state index in [0.29, 0.717) is 22.2 Å². The molecule has 1 aromatic heterocycles. The topological polar surface area (TPSA) is 33.2 Å². The molecule has 21 heavy (non-hydrogen) atoms. The van der Waals surface area contributed by atoms with Gasteiger partial charge in [0.05, 0.1) is 20.6 Å². The zero-order valence-electron chi connectivity index (χ0n) is 10.9. The maximum absolute atomic E-state index is 12.4. The van der Waals surface area contributed by atoms with Crippen molar-refractivity contribution in [3.05, 3.63) is 61.8 Å². The van der Waals surface area contributed by atoms with Crippen LogP contribution >= 0.6 is 46.4 Å². The fourth-order valence-electron chi connectivity index (χ4n) is 1.77. The minimum atomic E-state index is -0.254. The summed E-state index contributed by atoms with van der Waals surface area (Å²) in [6.45, 7) is 0.367. The van der Waals surface area contributed by atoms with Crippen LogP contribution in [0.3, 0.4) is 0 Å². The van der Waals surface area contributed by atoms with Crippen molar-refractivity contribution in [2.24, 2.45) is 0 Å². The van der Waals surface area contributed by atoms with Gasteiger partial charge in [-0.3, -0.25) is 4.79 Å². The lowest BCUT2D eigenvalue weighted by Crippen LogP contribution is -2.26. The third-order valence-corrected chi connectivity index (χ3v) is 4.05. The van der Waals surface area contributed by atoms with Crippen LogP contribution in [0.4, 0.5) is 0 Å². The van der Waals surface area contributed by atoms with Crippen molar-refractivity contribution < 1.29 is 4.79 Å². The monoisotopic (exact) mass is 362 g/mol. The molecular formula is C14H10Cl4N2O. The second kappa shape index (κ2) is 6.84. The molecule has 7 heteroatoms.